The predicted octanol–water partition coefficient (Wildman–Crippen LogP) is 5.03. The Morgan fingerprint density at radius 1 is 1.10 bits per heavy atom. The van der Waals surface area contributed by atoms with E-state index in [9.17, 15) is 18.7 Å². The van der Waals surface area contributed by atoms with Crippen molar-refractivity contribution in [3.8, 4) is 28.3 Å². The molecule has 1 N–H and O–H groups in total. The molecule has 2 aromatic carbocycles. The molecule has 0 radical (unpaired) electrons. The molecule has 0 aliphatic heterocycles. The van der Waals surface area contributed by atoms with Gasteiger partial charge in [0.15, 0.2) is 17.4 Å². The second-order valence-corrected chi connectivity index (χ2v) is 7.04. The zero-order valence-corrected chi connectivity index (χ0v) is 17.5. The number of hydrogen-bond acceptors (Lipinski definition) is 5. The molecular weight excluding hydrogens is 430 g/mol. The summed E-state index contributed by atoms with van der Waals surface area (Å²) in [4.78, 5) is 20.3. The summed E-state index contributed by atoms with van der Waals surface area (Å²) in [7, 11) is 2.77. The zero-order valence-electron chi connectivity index (χ0n) is 16.8. The number of ether oxygens (including phenoxy) is 2. The highest BCUT2D eigenvalue weighted by Gasteiger charge is 2.19. The number of carboxylic acids is 1. The van der Waals surface area contributed by atoms with E-state index in [0.717, 1.165) is 12.1 Å². The fourth-order valence-electron chi connectivity index (χ4n) is 3.08. The van der Waals surface area contributed by atoms with Crippen LogP contribution in [0.3, 0.4) is 0 Å². The molecule has 0 aliphatic rings. The first-order valence-corrected chi connectivity index (χ1v) is 9.65. The SMILES string of the molecule is COCCCc1cnc(-c2cc(F)c(OC)c(F)c2)c(-c2ccc(C(=O)O)c(Cl)c2)n1. The van der Waals surface area contributed by atoms with Gasteiger partial charge in [0.1, 0.15) is 0 Å². The summed E-state index contributed by atoms with van der Waals surface area (Å²) in [6, 6.07) is 6.52. The average Bonchev–Trinajstić information content (AvgIpc) is 2.73. The van der Waals surface area contributed by atoms with Gasteiger partial charge in [-0.15, -0.1) is 0 Å². The lowest BCUT2D eigenvalue weighted by atomic mass is 10.0. The maximum absolute atomic E-state index is 14.3. The van der Waals surface area contributed by atoms with Gasteiger partial charge in [-0.2, -0.15) is 0 Å². The zero-order chi connectivity index (χ0) is 22.5. The monoisotopic (exact) mass is 448 g/mol. The van der Waals surface area contributed by atoms with Crippen LogP contribution in [0.2, 0.25) is 5.02 Å². The second-order valence-electron chi connectivity index (χ2n) is 6.63. The van der Waals surface area contributed by atoms with E-state index in [2.05, 4.69) is 9.97 Å². The Morgan fingerprint density at radius 3 is 2.39 bits per heavy atom. The fraction of sp³-hybridized carbons (Fsp3) is 0.227. The second kappa shape index (κ2) is 9.80. The summed E-state index contributed by atoms with van der Waals surface area (Å²) in [6.45, 7) is 0.535. The number of halogens is 3. The van der Waals surface area contributed by atoms with E-state index < -0.39 is 23.4 Å². The molecule has 0 atom stereocenters. The fourth-order valence-corrected chi connectivity index (χ4v) is 3.35. The largest absolute Gasteiger partial charge is 0.491 e. The van der Waals surface area contributed by atoms with E-state index in [1.165, 1.54) is 31.5 Å². The molecule has 9 heteroatoms. The van der Waals surface area contributed by atoms with Crippen LogP contribution in [0.25, 0.3) is 22.5 Å². The minimum Gasteiger partial charge on any atom is -0.491 e. The smallest absolute Gasteiger partial charge is 0.337 e. The highest BCUT2D eigenvalue weighted by atomic mass is 35.5. The van der Waals surface area contributed by atoms with Crippen molar-refractivity contribution in [2.24, 2.45) is 0 Å². The summed E-state index contributed by atoms with van der Waals surface area (Å²) in [5, 5.41) is 9.22. The normalized spacial score (nSPS) is 10.9. The topological polar surface area (TPSA) is 81.5 Å². The minimum absolute atomic E-state index is 0.00891. The van der Waals surface area contributed by atoms with Crippen molar-refractivity contribution >= 4 is 17.6 Å². The molecule has 0 fully saturated rings. The third-order valence-electron chi connectivity index (χ3n) is 4.55. The Bertz CT molecular complexity index is 1100. The number of aromatic carboxylic acids is 1. The van der Waals surface area contributed by atoms with Crippen molar-refractivity contribution < 1.29 is 28.2 Å². The first-order chi connectivity index (χ1) is 14.8. The lowest BCUT2D eigenvalue weighted by molar-refractivity contribution is 0.0697. The predicted molar refractivity (Wildman–Crippen MR) is 112 cm³/mol. The van der Waals surface area contributed by atoms with Gasteiger partial charge in [-0.05, 0) is 37.1 Å². The average molecular weight is 449 g/mol. The van der Waals surface area contributed by atoms with Crippen LogP contribution in [0.4, 0.5) is 8.78 Å². The molecule has 6 nitrogen and oxygen atoms in total. The first-order valence-electron chi connectivity index (χ1n) is 9.27. The van der Waals surface area contributed by atoms with Crippen LogP contribution in [0.5, 0.6) is 5.75 Å². The van der Waals surface area contributed by atoms with Gasteiger partial charge in [0.25, 0.3) is 0 Å². The van der Waals surface area contributed by atoms with Gasteiger partial charge in [-0.1, -0.05) is 17.7 Å². The molecule has 1 aromatic heterocycles. The Labute approximate surface area is 182 Å². The maximum Gasteiger partial charge on any atom is 0.337 e. The number of carboxylic acid groups (broad SMARTS) is 1. The summed E-state index contributed by atoms with van der Waals surface area (Å²) in [6.07, 6.45) is 2.80. The molecule has 31 heavy (non-hydrogen) atoms. The van der Waals surface area contributed by atoms with Crippen molar-refractivity contribution in [3.63, 3.8) is 0 Å². The van der Waals surface area contributed by atoms with Crippen LogP contribution in [-0.2, 0) is 11.2 Å². The Morgan fingerprint density at radius 2 is 1.81 bits per heavy atom. The summed E-state index contributed by atoms with van der Waals surface area (Å²) in [5.74, 6) is -3.43. The first kappa shape index (κ1) is 22.6. The molecule has 3 aromatic rings. The number of aryl methyl sites for hydroxylation is 1. The third kappa shape index (κ3) is 4.98. The molecule has 0 amide bonds. The van der Waals surface area contributed by atoms with Crippen LogP contribution < -0.4 is 4.74 Å². The molecule has 0 spiro atoms. The van der Waals surface area contributed by atoms with Gasteiger partial charge in [0.05, 0.1) is 34.8 Å². The van der Waals surface area contributed by atoms with E-state index in [0.29, 0.717) is 36.4 Å². The van der Waals surface area contributed by atoms with Crippen molar-refractivity contribution in [2.75, 3.05) is 20.8 Å². The van der Waals surface area contributed by atoms with E-state index in [1.807, 2.05) is 0 Å². The number of benzene rings is 2. The van der Waals surface area contributed by atoms with Crippen LogP contribution in [0.15, 0.2) is 36.5 Å². The Hall–Kier alpha value is -3.10. The van der Waals surface area contributed by atoms with Gasteiger partial charge in [0, 0.05) is 31.0 Å². The lowest BCUT2D eigenvalue weighted by Gasteiger charge is -2.13. The lowest BCUT2D eigenvalue weighted by Crippen LogP contribution is -2.03. The van der Waals surface area contributed by atoms with E-state index in [4.69, 9.17) is 21.1 Å². The summed E-state index contributed by atoms with van der Waals surface area (Å²) in [5.41, 5.74) is 1.72. The molecule has 0 saturated heterocycles. The highest BCUT2D eigenvalue weighted by Crippen LogP contribution is 2.34. The standard InChI is InChI=1S/C22H19ClF2N2O4/c1-30-7-3-4-14-11-26-19(13-9-17(24)21(31-2)18(25)10-13)20(27-14)12-5-6-15(22(28)29)16(23)8-12/h5-6,8-11H,3-4,7H2,1-2H3,(H,28,29). The molecule has 1 heterocycles. The highest BCUT2D eigenvalue weighted by molar-refractivity contribution is 6.33. The molecule has 0 unspecified atom stereocenters. The maximum atomic E-state index is 14.3. The number of carbonyl (C=O) groups is 1. The van der Waals surface area contributed by atoms with Gasteiger partial charge in [0.2, 0.25) is 0 Å². The van der Waals surface area contributed by atoms with Crippen molar-refractivity contribution in [2.45, 2.75) is 12.8 Å². The number of nitrogens with zero attached hydrogens (tertiary/aromatic N) is 2. The summed E-state index contributed by atoms with van der Waals surface area (Å²) < 4.78 is 38.4. The van der Waals surface area contributed by atoms with Crippen LogP contribution >= 0.6 is 11.6 Å². The van der Waals surface area contributed by atoms with E-state index >= 15 is 0 Å². The van der Waals surface area contributed by atoms with Gasteiger partial charge < -0.3 is 14.6 Å². The molecular formula is C22H19ClF2N2O4. The van der Waals surface area contributed by atoms with Gasteiger partial charge in [-0.3, -0.25) is 4.98 Å². The van der Waals surface area contributed by atoms with Crippen LogP contribution in [-0.4, -0.2) is 41.9 Å². The van der Waals surface area contributed by atoms with E-state index in [-0.39, 0.29) is 21.8 Å². The number of aromatic nitrogens is 2. The third-order valence-corrected chi connectivity index (χ3v) is 4.87. The number of methoxy groups -OCH3 is 2. The van der Waals surface area contributed by atoms with E-state index in [1.54, 1.807) is 7.11 Å². The molecule has 0 aliphatic carbocycles. The van der Waals surface area contributed by atoms with Gasteiger partial charge in [-0.25, -0.2) is 18.6 Å². The van der Waals surface area contributed by atoms with Crippen molar-refractivity contribution in [1.29, 1.82) is 0 Å². The Kier molecular flexibility index (Phi) is 7.14. The number of rotatable bonds is 8. The molecule has 0 bridgehead atoms. The number of hydrogen-bond donors (Lipinski definition) is 1. The Balaban J connectivity index is 2.16. The molecule has 3 rings (SSSR count). The van der Waals surface area contributed by atoms with Crippen LogP contribution in [0, 0.1) is 11.6 Å². The molecule has 0 saturated carbocycles. The molecule has 162 valence electrons. The van der Waals surface area contributed by atoms with Crippen LogP contribution in [0.1, 0.15) is 22.5 Å². The summed E-state index contributed by atoms with van der Waals surface area (Å²) >= 11 is 6.12. The van der Waals surface area contributed by atoms with Crippen molar-refractivity contribution in [1.82, 2.24) is 9.97 Å². The minimum atomic E-state index is -1.17. The quantitative estimate of drug-likeness (QED) is 0.487. The van der Waals surface area contributed by atoms with Gasteiger partial charge >= 0.3 is 5.97 Å². The van der Waals surface area contributed by atoms with Crippen molar-refractivity contribution in [3.05, 3.63) is 64.4 Å².